The topological polar surface area (TPSA) is 67.6 Å². The van der Waals surface area contributed by atoms with Crippen LogP contribution in [0.2, 0.25) is 0 Å². The Kier molecular flexibility index (Phi) is 6.67. The maximum absolute atomic E-state index is 12.8. The number of aliphatic hydroxyl groups is 1. The van der Waals surface area contributed by atoms with Crippen LogP contribution in [0.1, 0.15) is 42.0 Å². The van der Waals surface area contributed by atoms with Crippen molar-refractivity contribution in [3.8, 4) is 11.4 Å². The third-order valence-electron chi connectivity index (χ3n) is 6.05. The van der Waals surface area contributed by atoms with E-state index in [4.69, 9.17) is 4.74 Å². The van der Waals surface area contributed by atoms with Gasteiger partial charge < -0.3 is 14.7 Å². The molecule has 1 fully saturated rings. The lowest BCUT2D eigenvalue weighted by Gasteiger charge is -2.33. The molecule has 6 nitrogen and oxygen atoms in total. The second-order valence-corrected chi connectivity index (χ2v) is 7.97. The SMILES string of the molecule is COc1cccc(CCC(=O)N2CCC(c3c(CO)cnn3-c3ccccc3)CC2)c1. The standard InChI is InChI=1S/C25H29N3O3/c1-31-23-9-5-6-19(16-23)10-11-24(30)27-14-12-20(13-15-27)25-21(18-29)17-26-28(25)22-7-3-2-4-8-22/h2-9,16-17,20,29H,10-15,18H2,1H3. The highest BCUT2D eigenvalue weighted by Gasteiger charge is 2.28. The number of hydrogen-bond donors (Lipinski definition) is 1. The molecular weight excluding hydrogens is 390 g/mol. The number of methoxy groups -OCH3 is 1. The highest BCUT2D eigenvalue weighted by atomic mass is 16.5. The van der Waals surface area contributed by atoms with Gasteiger partial charge >= 0.3 is 0 Å². The monoisotopic (exact) mass is 419 g/mol. The Labute approximate surface area is 183 Å². The molecule has 0 atom stereocenters. The van der Waals surface area contributed by atoms with E-state index in [2.05, 4.69) is 5.10 Å². The van der Waals surface area contributed by atoms with Gasteiger partial charge in [0.1, 0.15) is 5.75 Å². The molecule has 162 valence electrons. The summed E-state index contributed by atoms with van der Waals surface area (Å²) in [6.07, 6.45) is 4.72. The number of aromatic nitrogens is 2. The van der Waals surface area contributed by atoms with Crippen molar-refractivity contribution >= 4 is 5.91 Å². The zero-order valence-corrected chi connectivity index (χ0v) is 17.9. The van der Waals surface area contributed by atoms with E-state index in [1.807, 2.05) is 64.2 Å². The summed E-state index contributed by atoms with van der Waals surface area (Å²) in [5.41, 5.74) is 4.04. The molecule has 0 aliphatic carbocycles. The van der Waals surface area contributed by atoms with Gasteiger partial charge in [-0.3, -0.25) is 4.79 Å². The third kappa shape index (κ3) is 4.80. The highest BCUT2D eigenvalue weighted by Crippen LogP contribution is 2.32. The van der Waals surface area contributed by atoms with Gasteiger partial charge in [0.25, 0.3) is 0 Å². The maximum Gasteiger partial charge on any atom is 0.222 e. The number of para-hydroxylation sites is 1. The molecule has 3 aromatic rings. The summed E-state index contributed by atoms with van der Waals surface area (Å²) >= 11 is 0. The number of ether oxygens (including phenoxy) is 1. The van der Waals surface area contributed by atoms with Crippen molar-refractivity contribution in [1.82, 2.24) is 14.7 Å². The first kappa shape index (κ1) is 21.1. The van der Waals surface area contributed by atoms with Crippen LogP contribution in [-0.2, 0) is 17.8 Å². The van der Waals surface area contributed by atoms with Gasteiger partial charge in [0.2, 0.25) is 5.91 Å². The van der Waals surface area contributed by atoms with Gasteiger partial charge in [0, 0.05) is 31.0 Å². The van der Waals surface area contributed by atoms with Gasteiger partial charge in [-0.25, -0.2) is 4.68 Å². The van der Waals surface area contributed by atoms with Gasteiger partial charge in [0.05, 0.1) is 31.3 Å². The van der Waals surface area contributed by atoms with E-state index in [-0.39, 0.29) is 18.4 Å². The Morgan fingerprint density at radius 2 is 1.90 bits per heavy atom. The molecule has 1 aliphatic rings. The number of hydrogen-bond acceptors (Lipinski definition) is 4. The molecular formula is C25H29N3O3. The van der Waals surface area contributed by atoms with Crippen LogP contribution in [0, 0.1) is 0 Å². The first-order valence-corrected chi connectivity index (χ1v) is 10.8. The molecule has 1 N–H and O–H groups in total. The zero-order valence-electron chi connectivity index (χ0n) is 17.9. The van der Waals surface area contributed by atoms with Gasteiger partial charge in [0.15, 0.2) is 0 Å². The lowest BCUT2D eigenvalue weighted by molar-refractivity contribution is -0.132. The Morgan fingerprint density at radius 3 is 2.61 bits per heavy atom. The number of benzene rings is 2. The quantitative estimate of drug-likeness (QED) is 0.634. The molecule has 0 unspecified atom stereocenters. The van der Waals surface area contributed by atoms with Gasteiger partial charge in [-0.2, -0.15) is 5.10 Å². The van der Waals surface area contributed by atoms with Crippen LogP contribution in [0.3, 0.4) is 0 Å². The summed E-state index contributed by atoms with van der Waals surface area (Å²) in [7, 11) is 1.65. The molecule has 2 heterocycles. The minimum Gasteiger partial charge on any atom is -0.497 e. The van der Waals surface area contributed by atoms with E-state index in [0.717, 1.165) is 54.2 Å². The zero-order chi connectivity index (χ0) is 21.6. The first-order valence-electron chi connectivity index (χ1n) is 10.8. The number of rotatable bonds is 7. The van der Waals surface area contributed by atoms with Gasteiger partial charge in [-0.15, -0.1) is 0 Å². The summed E-state index contributed by atoms with van der Waals surface area (Å²) in [5.74, 6) is 1.29. The Morgan fingerprint density at radius 1 is 1.13 bits per heavy atom. The Hall–Kier alpha value is -3.12. The third-order valence-corrected chi connectivity index (χ3v) is 6.05. The van der Waals surface area contributed by atoms with Crippen molar-refractivity contribution in [2.45, 2.75) is 38.2 Å². The number of carbonyl (C=O) groups is 1. The molecule has 0 spiro atoms. The van der Waals surface area contributed by atoms with E-state index in [9.17, 15) is 9.90 Å². The van der Waals surface area contributed by atoms with Gasteiger partial charge in [-0.05, 0) is 49.1 Å². The van der Waals surface area contributed by atoms with E-state index in [1.54, 1.807) is 13.3 Å². The number of amides is 1. The molecule has 1 aromatic heterocycles. The molecule has 4 rings (SSSR count). The average molecular weight is 420 g/mol. The highest BCUT2D eigenvalue weighted by molar-refractivity contribution is 5.76. The lowest BCUT2D eigenvalue weighted by Crippen LogP contribution is -2.38. The van der Waals surface area contributed by atoms with Crippen molar-refractivity contribution in [3.05, 3.63) is 77.6 Å². The number of nitrogens with zero attached hydrogens (tertiary/aromatic N) is 3. The van der Waals surface area contributed by atoms with Crippen molar-refractivity contribution in [3.63, 3.8) is 0 Å². The Bertz CT molecular complexity index is 1010. The van der Waals surface area contributed by atoms with Crippen LogP contribution in [-0.4, -0.2) is 45.9 Å². The molecule has 6 heteroatoms. The summed E-state index contributed by atoms with van der Waals surface area (Å²) < 4.78 is 7.21. The summed E-state index contributed by atoms with van der Waals surface area (Å²) in [6.45, 7) is 1.43. The Balaban J connectivity index is 1.39. The van der Waals surface area contributed by atoms with Crippen molar-refractivity contribution in [2.75, 3.05) is 20.2 Å². The second-order valence-electron chi connectivity index (χ2n) is 7.97. The lowest BCUT2D eigenvalue weighted by atomic mass is 9.90. The van der Waals surface area contributed by atoms with E-state index >= 15 is 0 Å². The van der Waals surface area contributed by atoms with E-state index in [1.165, 1.54) is 0 Å². The fourth-order valence-electron chi connectivity index (χ4n) is 4.36. The van der Waals surface area contributed by atoms with Crippen LogP contribution in [0.25, 0.3) is 5.69 Å². The van der Waals surface area contributed by atoms with Crippen LogP contribution in [0.5, 0.6) is 5.75 Å². The molecule has 0 saturated carbocycles. The maximum atomic E-state index is 12.8. The number of carbonyl (C=O) groups excluding carboxylic acids is 1. The second kappa shape index (κ2) is 9.79. The largest absolute Gasteiger partial charge is 0.497 e. The van der Waals surface area contributed by atoms with E-state index in [0.29, 0.717) is 12.8 Å². The van der Waals surface area contributed by atoms with Crippen LogP contribution >= 0.6 is 0 Å². The fraction of sp³-hybridized carbons (Fsp3) is 0.360. The summed E-state index contributed by atoms with van der Waals surface area (Å²) in [5, 5.41) is 14.4. The van der Waals surface area contributed by atoms with Crippen molar-refractivity contribution in [1.29, 1.82) is 0 Å². The first-order chi connectivity index (χ1) is 15.2. The molecule has 0 bridgehead atoms. The number of aliphatic hydroxyl groups excluding tert-OH is 1. The van der Waals surface area contributed by atoms with E-state index < -0.39 is 0 Å². The summed E-state index contributed by atoms with van der Waals surface area (Å²) in [6, 6.07) is 17.9. The number of likely N-dealkylation sites (tertiary alicyclic amines) is 1. The van der Waals surface area contributed by atoms with Crippen molar-refractivity contribution in [2.24, 2.45) is 0 Å². The van der Waals surface area contributed by atoms with Gasteiger partial charge in [-0.1, -0.05) is 30.3 Å². The predicted molar refractivity (Wildman–Crippen MR) is 119 cm³/mol. The van der Waals surface area contributed by atoms with Crippen molar-refractivity contribution < 1.29 is 14.6 Å². The normalized spacial score (nSPS) is 14.6. The number of aryl methyl sites for hydroxylation is 1. The molecule has 0 radical (unpaired) electrons. The molecule has 1 aliphatic heterocycles. The minimum absolute atomic E-state index is 0.0259. The average Bonchev–Trinajstić information content (AvgIpc) is 3.27. The predicted octanol–water partition coefficient (Wildman–Crippen LogP) is 3.71. The molecule has 1 saturated heterocycles. The minimum atomic E-state index is -0.0259. The van der Waals surface area contributed by atoms with Crippen LogP contribution < -0.4 is 4.74 Å². The molecule has 1 amide bonds. The fourth-order valence-corrected chi connectivity index (χ4v) is 4.36. The molecule has 2 aromatic carbocycles. The number of piperidine rings is 1. The van der Waals surface area contributed by atoms with Crippen LogP contribution in [0.4, 0.5) is 0 Å². The smallest absolute Gasteiger partial charge is 0.222 e. The summed E-state index contributed by atoms with van der Waals surface area (Å²) in [4.78, 5) is 14.7. The van der Waals surface area contributed by atoms with Crippen LogP contribution in [0.15, 0.2) is 60.8 Å². The molecule has 31 heavy (non-hydrogen) atoms.